The zero-order valence-corrected chi connectivity index (χ0v) is 17.4. The first-order chi connectivity index (χ1) is 12.7. The number of benzene rings is 2. The maximum Gasteiger partial charge on any atom is 0.244 e. The molecule has 27 heavy (non-hydrogen) atoms. The van der Waals surface area contributed by atoms with E-state index in [4.69, 9.17) is 27.9 Å². The van der Waals surface area contributed by atoms with Gasteiger partial charge in [-0.15, -0.1) is 0 Å². The zero-order chi connectivity index (χ0) is 20.2. The third-order valence-corrected chi connectivity index (χ3v) is 6.45. The summed E-state index contributed by atoms with van der Waals surface area (Å²) < 4.78 is 31.6. The summed E-state index contributed by atoms with van der Waals surface area (Å²) in [4.78, 5) is 12.2. The molecule has 1 N–H and O–H groups in total. The number of carbonyl (C=O) groups is 1. The standard InChI is InChI=1S/C18H20Cl2N2O4S/c1-12(14-6-4-5-7-16(14)26-3)21-18(23)11-22(2)27(24,25)17-10-13(19)8-9-15(17)20/h4-10,12H,11H2,1-3H3,(H,21,23)/t12-/m0/s1. The number of carbonyl (C=O) groups excluding carboxylic acids is 1. The molecule has 0 aromatic heterocycles. The summed E-state index contributed by atoms with van der Waals surface area (Å²) in [5.41, 5.74) is 0.789. The Labute approximate surface area is 169 Å². The van der Waals surface area contributed by atoms with E-state index in [1.807, 2.05) is 18.2 Å². The maximum atomic E-state index is 12.7. The van der Waals surface area contributed by atoms with Gasteiger partial charge in [-0.1, -0.05) is 41.4 Å². The highest BCUT2D eigenvalue weighted by Gasteiger charge is 2.26. The quantitative estimate of drug-likeness (QED) is 0.728. The number of nitrogens with zero attached hydrogens (tertiary/aromatic N) is 1. The minimum Gasteiger partial charge on any atom is -0.496 e. The Morgan fingerprint density at radius 2 is 1.89 bits per heavy atom. The van der Waals surface area contributed by atoms with Crippen LogP contribution in [0.15, 0.2) is 47.4 Å². The summed E-state index contributed by atoms with van der Waals surface area (Å²) in [6.45, 7) is 1.42. The summed E-state index contributed by atoms with van der Waals surface area (Å²) in [5, 5.41) is 3.04. The number of sulfonamides is 1. The number of amides is 1. The number of likely N-dealkylation sites (N-methyl/N-ethyl adjacent to an activating group) is 1. The van der Waals surface area contributed by atoms with Gasteiger partial charge >= 0.3 is 0 Å². The van der Waals surface area contributed by atoms with Gasteiger partial charge in [0.2, 0.25) is 15.9 Å². The number of rotatable bonds is 7. The van der Waals surface area contributed by atoms with Crippen LogP contribution in [0.1, 0.15) is 18.5 Å². The molecular weight excluding hydrogens is 411 g/mol. The van der Waals surface area contributed by atoms with Crippen LogP contribution in [0.5, 0.6) is 5.75 Å². The van der Waals surface area contributed by atoms with E-state index in [1.165, 1.54) is 25.2 Å². The molecule has 0 saturated carbocycles. The molecule has 6 nitrogen and oxygen atoms in total. The molecule has 0 fully saturated rings. The highest BCUT2D eigenvalue weighted by molar-refractivity contribution is 7.89. The van der Waals surface area contributed by atoms with Crippen LogP contribution in [-0.4, -0.2) is 39.3 Å². The van der Waals surface area contributed by atoms with Crippen molar-refractivity contribution < 1.29 is 17.9 Å². The van der Waals surface area contributed by atoms with E-state index in [9.17, 15) is 13.2 Å². The molecule has 0 aliphatic heterocycles. The second-order valence-electron chi connectivity index (χ2n) is 5.87. The Bertz CT molecular complexity index is 935. The van der Waals surface area contributed by atoms with Gasteiger partial charge in [-0.25, -0.2) is 8.42 Å². The molecule has 0 aliphatic carbocycles. The topological polar surface area (TPSA) is 75.7 Å². The predicted octanol–water partition coefficient (Wildman–Crippen LogP) is 3.50. The van der Waals surface area contributed by atoms with Crippen LogP contribution in [0, 0.1) is 0 Å². The summed E-state index contributed by atoms with van der Waals surface area (Å²) in [6.07, 6.45) is 0. The SMILES string of the molecule is COc1ccccc1[C@H](C)NC(=O)CN(C)S(=O)(=O)c1cc(Cl)ccc1Cl. The van der Waals surface area contributed by atoms with Crippen molar-refractivity contribution in [2.75, 3.05) is 20.7 Å². The lowest BCUT2D eigenvalue weighted by Crippen LogP contribution is -2.39. The molecule has 2 rings (SSSR count). The number of para-hydroxylation sites is 1. The van der Waals surface area contributed by atoms with Crippen LogP contribution in [0.4, 0.5) is 0 Å². The first-order valence-corrected chi connectivity index (χ1v) is 10.2. The summed E-state index contributed by atoms with van der Waals surface area (Å²) in [6, 6.07) is 11.1. The Morgan fingerprint density at radius 3 is 2.56 bits per heavy atom. The molecule has 0 heterocycles. The van der Waals surface area contributed by atoms with Crippen LogP contribution in [-0.2, 0) is 14.8 Å². The second-order valence-corrected chi connectivity index (χ2v) is 8.72. The van der Waals surface area contributed by atoms with Crippen molar-refractivity contribution in [3.05, 3.63) is 58.1 Å². The van der Waals surface area contributed by atoms with Gasteiger partial charge in [0, 0.05) is 17.6 Å². The lowest BCUT2D eigenvalue weighted by molar-refractivity contribution is -0.121. The molecule has 0 unspecified atom stereocenters. The van der Waals surface area contributed by atoms with Gasteiger partial charge in [-0.05, 0) is 31.2 Å². The fourth-order valence-corrected chi connectivity index (χ4v) is 4.38. The van der Waals surface area contributed by atoms with Crippen molar-refractivity contribution in [2.45, 2.75) is 17.9 Å². The average Bonchev–Trinajstić information content (AvgIpc) is 2.63. The Hall–Kier alpha value is -1.80. The molecule has 146 valence electrons. The molecule has 1 atom stereocenters. The van der Waals surface area contributed by atoms with Gasteiger partial charge in [0.1, 0.15) is 10.6 Å². The van der Waals surface area contributed by atoms with Gasteiger partial charge in [-0.3, -0.25) is 4.79 Å². The van der Waals surface area contributed by atoms with Crippen LogP contribution < -0.4 is 10.1 Å². The fourth-order valence-electron chi connectivity index (χ4n) is 2.52. The first-order valence-electron chi connectivity index (χ1n) is 8.00. The van der Waals surface area contributed by atoms with Crippen molar-refractivity contribution in [2.24, 2.45) is 0 Å². The van der Waals surface area contributed by atoms with Gasteiger partial charge in [0.15, 0.2) is 0 Å². The predicted molar refractivity (Wildman–Crippen MR) is 106 cm³/mol. The first kappa shape index (κ1) is 21.5. The van der Waals surface area contributed by atoms with Gasteiger partial charge in [0.05, 0.1) is 24.7 Å². The number of ether oxygens (including phenoxy) is 1. The summed E-state index contributed by atoms with van der Waals surface area (Å²) in [5.74, 6) is 0.176. The number of hydrogen-bond acceptors (Lipinski definition) is 4. The molecule has 1 amide bonds. The minimum atomic E-state index is -3.97. The largest absolute Gasteiger partial charge is 0.496 e. The Morgan fingerprint density at radius 1 is 1.22 bits per heavy atom. The molecule has 0 saturated heterocycles. The average molecular weight is 431 g/mol. The molecule has 0 radical (unpaired) electrons. The fraction of sp³-hybridized carbons (Fsp3) is 0.278. The molecule has 2 aromatic rings. The van der Waals surface area contributed by atoms with Crippen molar-refractivity contribution in [1.82, 2.24) is 9.62 Å². The van der Waals surface area contributed by atoms with Crippen LogP contribution in [0.3, 0.4) is 0 Å². The number of nitrogens with one attached hydrogen (secondary N) is 1. The minimum absolute atomic E-state index is 0.0362. The van der Waals surface area contributed by atoms with E-state index < -0.39 is 15.9 Å². The summed E-state index contributed by atoms with van der Waals surface area (Å²) >= 11 is 11.8. The zero-order valence-electron chi connectivity index (χ0n) is 15.1. The van der Waals surface area contributed by atoms with E-state index in [1.54, 1.807) is 20.1 Å². The number of methoxy groups -OCH3 is 1. The number of halogens is 2. The van der Waals surface area contributed by atoms with Crippen LogP contribution >= 0.6 is 23.2 Å². The molecule has 2 aromatic carbocycles. The van der Waals surface area contributed by atoms with E-state index in [0.717, 1.165) is 9.87 Å². The maximum absolute atomic E-state index is 12.7. The van der Waals surface area contributed by atoms with Crippen molar-refractivity contribution in [1.29, 1.82) is 0 Å². The molecule has 0 aliphatic rings. The van der Waals surface area contributed by atoms with E-state index in [2.05, 4.69) is 5.32 Å². The van der Waals surface area contributed by atoms with E-state index in [0.29, 0.717) is 5.75 Å². The van der Waals surface area contributed by atoms with E-state index >= 15 is 0 Å². The Kier molecular flexibility index (Phi) is 7.11. The smallest absolute Gasteiger partial charge is 0.244 e. The molecule has 0 spiro atoms. The molecule has 9 heteroatoms. The third-order valence-electron chi connectivity index (χ3n) is 3.93. The summed E-state index contributed by atoms with van der Waals surface area (Å²) in [7, 11) is -1.12. The lowest BCUT2D eigenvalue weighted by atomic mass is 10.1. The van der Waals surface area contributed by atoms with Gasteiger partial charge in [0.25, 0.3) is 0 Å². The van der Waals surface area contributed by atoms with Crippen molar-refractivity contribution in [3.63, 3.8) is 0 Å². The molecular formula is C18H20Cl2N2O4S. The van der Waals surface area contributed by atoms with Gasteiger partial charge in [-0.2, -0.15) is 4.31 Å². The van der Waals surface area contributed by atoms with Crippen LogP contribution in [0.2, 0.25) is 10.0 Å². The van der Waals surface area contributed by atoms with Crippen LogP contribution in [0.25, 0.3) is 0 Å². The number of hydrogen-bond donors (Lipinski definition) is 1. The highest BCUT2D eigenvalue weighted by Crippen LogP contribution is 2.27. The monoisotopic (exact) mass is 430 g/mol. The van der Waals surface area contributed by atoms with Crippen molar-refractivity contribution in [3.8, 4) is 5.75 Å². The van der Waals surface area contributed by atoms with Gasteiger partial charge < -0.3 is 10.1 Å². The molecule has 0 bridgehead atoms. The highest BCUT2D eigenvalue weighted by atomic mass is 35.5. The lowest BCUT2D eigenvalue weighted by Gasteiger charge is -2.21. The normalized spacial score (nSPS) is 12.7. The third kappa shape index (κ3) is 5.13. The second kappa shape index (κ2) is 8.93. The van der Waals surface area contributed by atoms with Crippen molar-refractivity contribution >= 4 is 39.1 Å². The Balaban J connectivity index is 2.11. The van der Waals surface area contributed by atoms with E-state index in [-0.39, 0.29) is 27.5 Å².